The SMILES string of the molecule is CCCNC(CC1CC1)c1ccc(C)c(OC)c1. The predicted molar refractivity (Wildman–Crippen MR) is 76.1 cm³/mol. The monoisotopic (exact) mass is 247 g/mol. The van der Waals surface area contributed by atoms with Crippen molar-refractivity contribution in [3.05, 3.63) is 29.3 Å². The van der Waals surface area contributed by atoms with Gasteiger partial charge in [-0.25, -0.2) is 0 Å². The van der Waals surface area contributed by atoms with Crippen molar-refractivity contribution in [3.63, 3.8) is 0 Å². The van der Waals surface area contributed by atoms with Gasteiger partial charge in [0.1, 0.15) is 5.75 Å². The molecule has 18 heavy (non-hydrogen) atoms. The molecule has 0 heterocycles. The van der Waals surface area contributed by atoms with Crippen LogP contribution >= 0.6 is 0 Å². The Hall–Kier alpha value is -1.02. The van der Waals surface area contributed by atoms with E-state index in [0.717, 1.165) is 18.2 Å². The second kappa shape index (κ2) is 6.24. The van der Waals surface area contributed by atoms with Gasteiger partial charge in [0.05, 0.1) is 7.11 Å². The van der Waals surface area contributed by atoms with E-state index in [4.69, 9.17) is 4.74 Å². The molecule has 1 aliphatic rings. The predicted octanol–water partition coefficient (Wildman–Crippen LogP) is 3.84. The molecule has 0 radical (unpaired) electrons. The van der Waals surface area contributed by atoms with Gasteiger partial charge >= 0.3 is 0 Å². The van der Waals surface area contributed by atoms with Gasteiger partial charge in [0.2, 0.25) is 0 Å². The summed E-state index contributed by atoms with van der Waals surface area (Å²) in [7, 11) is 1.75. The van der Waals surface area contributed by atoms with Crippen molar-refractivity contribution in [2.45, 2.75) is 45.6 Å². The van der Waals surface area contributed by atoms with Gasteiger partial charge in [-0.1, -0.05) is 31.9 Å². The molecule has 0 spiro atoms. The fourth-order valence-electron chi connectivity index (χ4n) is 2.40. The van der Waals surface area contributed by atoms with Gasteiger partial charge in [-0.05, 0) is 49.4 Å². The third-order valence-corrected chi connectivity index (χ3v) is 3.74. The van der Waals surface area contributed by atoms with Crippen molar-refractivity contribution in [2.24, 2.45) is 5.92 Å². The molecule has 0 aromatic heterocycles. The smallest absolute Gasteiger partial charge is 0.122 e. The van der Waals surface area contributed by atoms with Crippen LogP contribution in [0, 0.1) is 12.8 Å². The van der Waals surface area contributed by atoms with Crippen LogP contribution in [0.25, 0.3) is 0 Å². The molecule has 1 aromatic rings. The van der Waals surface area contributed by atoms with Crippen LogP contribution in [0.4, 0.5) is 0 Å². The summed E-state index contributed by atoms with van der Waals surface area (Å²) in [5, 5.41) is 3.67. The average Bonchev–Trinajstić information content (AvgIpc) is 3.19. The van der Waals surface area contributed by atoms with Crippen LogP contribution in [-0.4, -0.2) is 13.7 Å². The summed E-state index contributed by atoms with van der Waals surface area (Å²) >= 11 is 0. The Morgan fingerprint density at radius 2 is 2.17 bits per heavy atom. The highest BCUT2D eigenvalue weighted by Gasteiger charge is 2.26. The molecule has 2 heteroatoms. The maximum Gasteiger partial charge on any atom is 0.122 e. The first-order valence-corrected chi connectivity index (χ1v) is 7.12. The van der Waals surface area contributed by atoms with Gasteiger partial charge < -0.3 is 10.1 Å². The van der Waals surface area contributed by atoms with Crippen molar-refractivity contribution >= 4 is 0 Å². The van der Waals surface area contributed by atoms with Gasteiger partial charge in [-0.15, -0.1) is 0 Å². The van der Waals surface area contributed by atoms with Crippen molar-refractivity contribution in [3.8, 4) is 5.75 Å². The summed E-state index contributed by atoms with van der Waals surface area (Å²) in [5.74, 6) is 1.94. The molecule has 0 amide bonds. The third-order valence-electron chi connectivity index (χ3n) is 3.74. The van der Waals surface area contributed by atoms with Crippen molar-refractivity contribution in [1.29, 1.82) is 0 Å². The molecule has 1 saturated carbocycles. The Balaban J connectivity index is 2.11. The molecule has 100 valence electrons. The highest BCUT2D eigenvalue weighted by Crippen LogP contribution is 2.38. The van der Waals surface area contributed by atoms with Crippen LogP contribution in [0.15, 0.2) is 18.2 Å². The number of hydrogen-bond donors (Lipinski definition) is 1. The van der Waals surface area contributed by atoms with E-state index >= 15 is 0 Å². The molecule has 0 aliphatic heterocycles. The molecule has 2 nitrogen and oxygen atoms in total. The van der Waals surface area contributed by atoms with Crippen LogP contribution in [0.5, 0.6) is 5.75 Å². The van der Waals surface area contributed by atoms with Crippen LogP contribution in [0.2, 0.25) is 0 Å². The van der Waals surface area contributed by atoms with Crippen molar-refractivity contribution in [2.75, 3.05) is 13.7 Å². The lowest BCUT2D eigenvalue weighted by atomic mass is 9.99. The number of methoxy groups -OCH3 is 1. The number of ether oxygens (including phenoxy) is 1. The highest BCUT2D eigenvalue weighted by molar-refractivity contribution is 5.37. The van der Waals surface area contributed by atoms with E-state index < -0.39 is 0 Å². The van der Waals surface area contributed by atoms with Gasteiger partial charge in [0, 0.05) is 6.04 Å². The van der Waals surface area contributed by atoms with E-state index in [0.29, 0.717) is 6.04 Å². The van der Waals surface area contributed by atoms with Crippen LogP contribution in [-0.2, 0) is 0 Å². The summed E-state index contributed by atoms with van der Waals surface area (Å²) in [6, 6.07) is 7.10. The number of aryl methyl sites for hydroxylation is 1. The number of nitrogens with one attached hydrogen (secondary N) is 1. The molecule has 1 unspecified atom stereocenters. The molecule has 0 saturated heterocycles. The first-order valence-electron chi connectivity index (χ1n) is 7.12. The molecule has 1 N–H and O–H groups in total. The minimum Gasteiger partial charge on any atom is -0.496 e. The van der Waals surface area contributed by atoms with Gasteiger partial charge in [0.15, 0.2) is 0 Å². The Kier molecular flexibility index (Phi) is 4.65. The molecule has 1 aromatic carbocycles. The van der Waals surface area contributed by atoms with E-state index in [1.165, 1.54) is 36.8 Å². The Morgan fingerprint density at radius 3 is 2.78 bits per heavy atom. The third kappa shape index (κ3) is 3.49. The average molecular weight is 247 g/mol. The van der Waals surface area contributed by atoms with E-state index in [-0.39, 0.29) is 0 Å². The maximum absolute atomic E-state index is 5.43. The first-order chi connectivity index (χ1) is 8.74. The fraction of sp³-hybridized carbons (Fsp3) is 0.625. The molecule has 1 atom stereocenters. The molecular formula is C16H25NO. The summed E-state index contributed by atoms with van der Waals surface area (Å²) in [6.45, 7) is 5.41. The van der Waals surface area contributed by atoms with Gasteiger partial charge in [-0.3, -0.25) is 0 Å². The zero-order chi connectivity index (χ0) is 13.0. The van der Waals surface area contributed by atoms with Gasteiger partial charge in [0.25, 0.3) is 0 Å². The maximum atomic E-state index is 5.43. The second-order valence-corrected chi connectivity index (χ2v) is 5.41. The normalized spacial score (nSPS) is 16.6. The van der Waals surface area contributed by atoms with Crippen LogP contribution in [0.1, 0.15) is 49.8 Å². The number of benzene rings is 1. The molecular weight excluding hydrogens is 222 g/mol. The minimum absolute atomic E-state index is 0.493. The Bertz CT molecular complexity index is 385. The standard InChI is InChI=1S/C16H25NO/c1-4-9-17-15(10-13-6-7-13)14-8-5-12(2)16(11-14)18-3/h5,8,11,13,15,17H,4,6-7,9-10H2,1-3H3. The quantitative estimate of drug-likeness (QED) is 0.790. The lowest BCUT2D eigenvalue weighted by molar-refractivity contribution is 0.408. The van der Waals surface area contributed by atoms with Crippen molar-refractivity contribution < 1.29 is 4.74 Å². The van der Waals surface area contributed by atoms with Crippen molar-refractivity contribution in [1.82, 2.24) is 5.32 Å². The molecule has 0 bridgehead atoms. The van der Waals surface area contributed by atoms with Crippen LogP contribution in [0.3, 0.4) is 0 Å². The summed E-state index contributed by atoms with van der Waals surface area (Å²) in [5.41, 5.74) is 2.58. The largest absolute Gasteiger partial charge is 0.496 e. The lowest BCUT2D eigenvalue weighted by Crippen LogP contribution is -2.22. The summed E-state index contributed by atoms with van der Waals surface area (Å²) < 4.78 is 5.43. The van der Waals surface area contributed by atoms with E-state index in [1.54, 1.807) is 7.11 Å². The van der Waals surface area contributed by atoms with E-state index in [2.05, 4.69) is 37.4 Å². The zero-order valence-corrected chi connectivity index (χ0v) is 11.8. The molecule has 2 rings (SSSR count). The first kappa shape index (κ1) is 13.4. The van der Waals surface area contributed by atoms with E-state index in [1.807, 2.05) is 0 Å². The Labute approximate surface area is 111 Å². The minimum atomic E-state index is 0.493. The summed E-state index contributed by atoms with van der Waals surface area (Å²) in [4.78, 5) is 0. The lowest BCUT2D eigenvalue weighted by Gasteiger charge is -2.20. The number of rotatable bonds is 7. The topological polar surface area (TPSA) is 21.3 Å². The Morgan fingerprint density at radius 1 is 1.39 bits per heavy atom. The molecule has 1 fully saturated rings. The highest BCUT2D eigenvalue weighted by atomic mass is 16.5. The van der Waals surface area contributed by atoms with Gasteiger partial charge in [-0.2, -0.15) is 0 Å². The zero-order valence-electron chi connectivity index (χ0n) is 11.8. The summed E-state index contributed by atoms with van der Waals surface area (Å²) in [6.07, 6.45) is 5.27. The van der Waals surface area contributed by atoms with Crippen LogP contribution < -0.4 is 10.1 Å². The number of hydrogen-bond acceptors (Lipinski definition) is 2. The van der Waals surface area contributed by atoms with E-state index in [9.17, 15) is 0 Å². The second-order valence-electron chi connectivity index (χ2n) is 5.41. The molecule has 1 aliphatic carbocycles. The fourth-order valence-corrected chi connectivity index (χ4v) is 2.40.